The van der Waals surface area contributed by atoms with Gasteiger partial charge in [0, 0.05) is 24.5 Å². The second kappa shape index (κ2) is 3.76. The van der Waals surface area contributed by atoms with E-state index < -0.39 is 0 Å². The summed E-state index contributed by atoms with van der Waals surface area (Å²) < 4.78 is 2.09. The Kier molecular flexibility index (Phi) is 2.24. The van der Waals surface area contributed by atoms with Gasteiger partial charge in [-0.3, -0.25) is 0 Å². The van der Waals surface area contributed by atoms with Gasteiger partial charge in [0.25, 0.3) is 0 Å². The predicted octanol–water partition coefficient (Wildman–Crippen LogP) is 1.19. The number of rotatable bonds is 1. The number of hydrogen-bond acceptors (Lipinski definition) is 4. The Morgan fingerprint density at radius 2 is 2.12 bits per heavy atom. The van der Waals surface area contributed by atoms with Crippen LogP contribution in [0.25, 0.3) is 0 Å². The van der Waals surface area contributed by atoms with Crippen molar-refractivity contribution in [2.75, 3.05) is 17.2 Å². The molecule has 1 aliphatic heterocycles. The normalized spacial score (nSPS) is 14.8. The van der Waals surface area contributed by atoms with E-state index in [1.807, 2.05) is 12.1 Å². The average Bonchev–Trinajstić information content (AvgIpc) is 2.74. The lowest BCUT2D eigenvalue weighted by Crippen LogP contribution is -2.33. The molecule has 2 N–H and O–H groups in total. The smallest absolute Gasteiger partial charge is 0.152 e. The van der Waals surface area contributed by atoms with Crippen LogP contribution in [0.3, 0.4) is 0 Å². The summed E-state index contributed by atoms with van der Waals surface area (Å²) in [5.41, 5.74) is 9.04. The van der Waals surface area contributed by atoms with Crippen molar-refractivity contribution in [3.63, 3.8) is 0 Å². The minimum atomic E-state index is 0.795. The van der Waals surface area contributed by atoms with Crippen molar-refractivity contribution < 1.29 is 0 Å². The van der Waals surface area contributed by atoms with Gasteiger partial charge in [-0.05, 0) is 30.7 Å². The van der Waals surface area contributed by atoms with Gasteiger partial charge in [-0.25, -0.2) is 0 Å². The molecule has 3 rings (SSSR count). The number of benzene rings is 1. The number of fused-ring (bicyclic) bond motifs is 1. The molecule has 1 aliphatic rings. The first kappa shape index (κ1) is 10.1. The zero-order valence-corrected chi connectivity index (χ0v) is 9.80. The molecule has 1 aromatic heterocycles. The Bertz CT molecular complexity index is 525. The Balaban J connectivity index is 1.91. The molecule has 17 heavy (non-hydrogen) atoms. The van der Waals surface area contributed by atoms with Gasteiger partial charge in [-0.1, -0.05) is 0 Å². The van der Waals surface area contributed by atoms with Gasteiger partial charge in [0.15, 0.2) is 5.82 Å². The third-order valence-corrected chi connectivity index (χ3v) is 3.09. The Morgan fingerprint density at radius 1 is 1.24 bits per heavy atom. The molecule has 2 heterocycles. The van der Waals surface area contributed by atoms with E-state index in [-0.39, 0.29) is 0 Å². The molecule has 0 saturated carbocycles. The highest BCUT2D eigenvalue weighted by molar-refractivity contribution is 5.58. The fourth-order valence-corrected chi connectivity index (χ4v) is 2.26. The van der Waals surface area contributed by atoms with Gasteiger partial charge in [0.05, 0.1) is 6.54 Å². The summed E-state index contributed by atoms with van der Waals surface area (Å²) in [5, 5.41) is 8.05. The summed E-state index contributed by atoms with van der Waals surface area (Å²) in [6, 6.07) is 6.15. The molecule has 0 fully saturated rings. The predicted molar refractivity (Wildman–Crippen MR) is 66.7 cm³/mol. The maximum Gasteiger partial charge on any atom is 0.152 e. The monoisotopic (exact) mass is 229 g/mol. The SMILES string of the molecule is Cc1cc(N)cc(N2CCn3cnnc3C2)c1. The lowest BCUT2D eigenvalue weighted by molar-refractivity contribution is 0.560. The van der Waals surface area contributed by atoms with Crippen LogP contribution in [-0.2, 0) is 13.1 Å². The zero-order valence-electron chi connectivity index (χ0n) is 9.80. The first-order valence-electron chi connectivity index (χ1n) is 5.71. The van der Waals surface area contributed by atoms with Crippen molar-refractivity contribution in [1.82, 2.24) is 14.8 Å². The van der Waals surface area contributed by atoms with Gasteiger partial charge >= 0.3 is 0 Å². The highest BCUT2D eigenvalue weighted by Crippen LogP contribution is 2.23. The molecule has 2 aromatic rings. The molecular formula is C12H15N5. The van der Waals surface area contributed by atoms with Crippen molar-refractivity contribution in [3.05, 3.63) is 35.9 Å². The van der Waals surface area contributed by atoms with E-state index in [1.165, 1.54) is 5.56 Å². The number of aromatic nitrogens is 3. The fourth-order valence-electron chi connectivity index (χ4n) is 2.26. The van der Waals surface area contributed by atoms with Gasteiger partial charge in [0.2, 0.25) is 0 Å². The minimum Gasteiger partial charge on any atom is -0.399 e. The Labute approximate surface area is 99.9 Å². The molecule has 5 heteroatoms. The van der Waals surface area contributed by atoms with Crippen LogP contribution < -0.4 is 10.6 Å². The van der Waals surface area contributed by atoms with E-state index in [0.29, 0.717) is 0 Å². The van der Waals surface area contributed by atoms with Crippen LogP contribution in [0, 0.1) is 6.92 Å². The fraction of sp³-hybridized carbons (Fsp3) is 0.333. The lowest BCUT2D eigenvalue weighted by Gasteiger charge is -2.29. The average molecular weight is 229 g/mol. The Morgan fingerprint density at radius 3 is 2.94 bits per heavy atom. The van der Waals surface area contributed by atoms with E-state index in [4.69, 9.17) is 5.73 Å². The quantitative estimate of drug-likeness (QED) is 0.746. The second-order valence-corrected chi connectivity index (χ2v) is 4.46. The summed E-state index contributed by atoms with van der Waals surface area (Å²) in [7, 11) is 0. The van der Waals surface area contributed by atoms with E-state index in [2.05, 4.69) is 32.7 Å². The number of aryl methyl sites for hydroxylation is 1. The number of anilines is 2. The summed E-state index contributed by atoms with van der Waals surface area (Å²) in [5.74, 6) is 1.01. The topological polar surface area (TPSA) is 60.0 Å². The van der Waals surface area contributed by atoms with Crippen molar-refractivity contribution in [3.8, 4) is 0 Å². The third-order valence-electron chi connectivity index (χ3n) is 3.09. The van der Waals surface area contributed by atoms with E-state index in [1.54, 1.807) is 6.33 Å². The molecule has 0 atom stereocenters. The van der Waals surface area contributed by atoms with Crippen LogP contribution in [0.5, 0.6) is 0 Å². The maximum absolute atomic E-state index is 5.88. The molecule has 0 amide bonds. The summed E-state index contributed by atoms with van der Waals surface area (Å²) >= 11 is 0. The van der Waals surface area contributed by atoms with Gasteiger partial charge in [-0.2, -0.15) is 0 Å². The molecule has 5 nitrogen and oxygen atoms in total. The largest absolute Gasteiger partial charge is 0.399 e. The zero-order chi connectivity index (χ0) is 11.8. The molecule has 0 bridgehead atoms. The van der Waals surface area contributed by atoms with Gasteiger partial charge in [0.1, 0.15) is 6.33 Å². The van der Waals surface area contributed by atoms with Crippen LogP contribution in [-0.4, -0.2) is 21.3 Å². The van der Waals surface area contributed by atoms with Crippen LogP contribution in [0.2, 0.25) is 0 Å². The highest BCUT2D eigenvalue weighted by atomic mass is 15.3. The van der Waals surface area contributed by atoms with Crippen LogP contribution in [0.4, 0.5) is 11.4 Å². The van der Waals surface area contributed by atoms with E-state index in [9.17, 15) is 0 Å². The summed E-state index contributed by atoms with van der Waals surface area (Å²) in [6.07, 6.45) is 1.79. The van der Waals surface area contributed by atoms with Crippen molar-refractivity contribution >= 4 is 11.4 Å². The van der Waals surface area contributed by atoms with Gasteiger partial charge in [-0.15, -0.1) is 10.2 Å². The molecule has 0 radical (unpaired) electrons. The lowest BCUT2D eigenvalue weighted by atomic mass is 10.1. The number of nitrogen functional groups attached to an aromatic ring is 1. The molecule has 88 valence electrons. The molecular weight excluding hydrogens is 214 g/mol. The van der Waals surface area contributed by atoms with Crippen molar-refractivity contribution in [2.24, 2.45) is 0 Å². The third kappa shape index (κ3) is 1.84. The molecule has 0 spiro atoms. The molecule has 1 aromatic carbocycles. The van der Waals surface area contributed by atoms with E-state index >= 15 is 0 Å². The van der Waals surface area contributed by atoms with E-state index in [0.717, 1.165) is 36.8 Å². The maximum atomic E-state index is 5.88. The first-order chi connectivity index (χ1) is 8.22. The van der Waals surface area contributed by atoms with Crippen LogP contribution >= 0.6 is 0 Å². The number of nitrogens with zero attached hydrogens (tertiary/aromatic N) is 4. The first-order valence-corrected chi connectivity index (χ1v) is 5.71. The number of hydrogen-bond donors (Lipinski definition) is 1. The molecule has 0 unspecified atom stereocenters. The van der Waals surface area contributed by atoms with Crippen LogP contribution in [0.15, 0.2) is 24.5 Å². The summed E-state index contributed by atoms with van der Waals surface area (Å²) in [4.78, 5) is 2.29. The van der Waals surface area contributed by atoms with Gasteiger partial charge < -0.3 is 15.2 Å². The second-order valence-electron chi connectivity index (χ2n) is 4.46. The van der Waals surface area contributed by atoms with Crippen LogP contribution in [0.1, 0.15) is 11.4 Å². The Hall–Kier alpha value is -2.04. The van der Waals surface area contributed by atoms with Crippen molar-refractivity contribution in [1.29, 1.82) is 0 Å². The molecule has 0 saturated heterocycles. The highest BCUT2D eigenvalue weighted by Gasteiger charge is 2.17. The molecule has 0 aliphatic carbocycles. The van der Waals surface area contributed by atoms with Crippen molar-refractivity contribution in [2.45, 2.75) is 20.0 Å². The minimum absolute atomic E-state index is 0.795. The summed E-state index contributed by atoms with van der Waals surface area (Å²) in [6.45, 7) is 4.75. The number of nitrogens with two attached hydrogens (primary N) is 1. The standard InChI is InChI=1S/C12H15N5/c1-9-4-10(13)6-11(5-9)16-2-3-17-8-14-15-12(17)7-16/h4-6,8H,2-3,7,13H2,1H3.